The lowest BCUT2D eigenvalue weighted by Gasteiger charge is -2.28. The summed E-state index contributed by atoms with van der Waals surface area (Å²) >= 11 is 1.03. The van der Waals surface area contributed by atoms with Crippen molar-refractivity contribution in [1.82, 2.24) is 0 Å². The van der Waals surface area contributed by atoms with Crippen molar-refractivity contribution in [2.45, 2.75) is 44.4 Å². The fraction of sp³-hybridized carbons (Fsp3) is 0.562. The Morgan fingerprint density at radius 2 is 2.04 bits per heavy atom. The highest BCUT2D eigenvalue weighted by Crippen LogP contribution is 2.40. The molecule has 0 aromatic heterocycles. The van der Waals surface area contributed by atoms with Gasteiger partial charge >= 0.3 is 5.97 Å². The van der Waals surface area contributed by atoms with E-state index in [1.165, 1.54) is 13.2 Å². The van der Waals surface area contributed by atoms with Crippen molar-refractivity contribution in [1.29, 1.82) is 0 Å². The molecule has 3 N–H and O–H groups in total. The van der Waals surface area contributed by atoms with Crippen LogP contribution in [0.4, 0.5) is 14.5 Å². The summed E-state index contributed by atoms with van der Waals surface area (Å²) < 4.78 is 32.6. The van der Waals surface area contributed by atoms with E-state index < -0.39 is 28.7 Å². The van der Waals surface area contributed by atoms with E-state index in [2.05, 4.69) is 0 Å². The number of rotatable bonds is 9. The van der Waals surface area contributed by atoms with Gasteiger partial charge in [0.05, 0.1) is 12.5 Å². The number of aliphatic carboxylic acids is 1. The van der Waals surface area contributed by atoms with E-state index in [9.17, 15) is 18.7 Å². The Hall–Kier alpha value is -1.50. The van der Waals surface area contributed by atoms with Crippen LogP contribution in [0.3, 0.4) is 0 Å². The number of ether oxygens (including phenoxy) is 1. The number of hydrogen-bond acceptors (Lipinski definition) is 4. The third kappa shape index (κ3) is 4.28. The maximum Gasteiger partial charge on any atom is 0.310 e. The number of carboxylic acid groups (broad SMARTS) is 1. The number of benzene rings is 1. The number of carboxylic acids is 1. The summed E-state index contributed by atoms with van der Waals surface area (Å²) in [6.45, 7) is 3.79. The minimum Gasteiger partial charge on any atom is -0.494 e. The van der Waals surface area contributed by atoms with Crippen LogP contribution in [0.1, 0.15) is 39.5 Å². The number of anilines is 1. The van der Waals surface area contributed by atoms with Crippen molar-refractivity contribution in [2.75, 3.05) is 18.6 Å². The first-order chi connectivity index (χ1) is 10.8. The van der Waals surface area contributed by atoms with Gasteiger partial charge in [0.2, 0.25) is 0 Å². The SMILES string of the molecule is CCCCC(CC)(CSc1cc(OC)c(F)c(N)c1F)C(=O)O. The van der Waals surface area contributed by atoms with E-state index in [-0.39, 0.29) is 16.4 Å². The molecule has 0 aliphatic carbocycles. The van der Waals surface area contributed by atoms with Gasteiger partial charge in [-0.3, -0.25) is 4.79 Å². The van der Waals surface area contributed by atoms with Crippen LogP contribution in [0.25, 0.3) is 0 Å². The number of carbonyl (C=O) groups is 1. The molecule has 1 rings (SSSR count). The average Bonchev–Trinajstić information content (AvgIpc) is 2.54. The highest BCUT2D eigenvalue weighted by Gasteiger charge is 2.36. The molecule has 0 spiro atoms. The molecule has 0 amide bonds. The van der Waals surface area contributed by atoms with E-state index in [4.69, 9.17) is 10.5 Å². The Morgan fingerprint density at radius 3 is 2.52 bits per heavy atom. The van der Waals surface area contributed by atoms with Crippen LogP contribution in [-0.2, 0) is 4.79 Å². The Labute approximate surface area is 139 Å². The van der Waals surface area contributed by atoms with Crippen LogP contribution in [0.5, 0.6) is 5.75 Å². The van der Waals surface area contributed by atoms with Gasteiger partial charge in [0.15, 0.2) is 17.4 Å². The molecule has 0 aliphatic rings. The maximum atomic E-state index is 14.1. The molecule has 1 atom stereocenters. The predicted molar refractivity (Wildman–Crippen MR) is 87.9 cm³/mol. The molecule has 0 radical (unpaired) electrons. The number of nitrogen functional groups attached to an aromatic ring is 1. The van der Waals surface area contributed by atoms with Gasteiger partial charge in [-0.1, -0.05) is 26.7 Å². The summed E-state index contributed by atoms with van der Waals surface area (Å²) in [5.41, 5.74) is 3.86. The summed E-state index contributed by atoms with van der Waals surface area (Å²) in [6.07, 6.45) is 2.60. The molecule has 130 valence electrons. The number of unbranched alkanes of at least 4 members (excludes halogenated alkanes) is 1. The first kappa shape index (κ1) is 19.5. The van der Waals surface area contributed by atoms with Gasteiger partial charge in [0.25, 0.3) is 0 Å². The van der Waals surface area contributed by atoms with Crippen LogP contribution in [0.15, 0.2) is 11.0 Å². The van der Waals surface area contributed by atoms with Crippen LogP contribution in [0.2, 0.25) is 0 Å². The topological polar surface area (TPSA) is 72.5 Å². The van der Waals surface area contributed by atoms with Crippen LogP contribution in [-0.4, -0.2) is 23.9 Å². The number of nitrogens with two attached hydrogens (primary N) is 1. The number of hydrogen-bond donors (Lipinski definition) is 2. The molecular weight excluding hydrogens is 324 g/mol. The Morgan fingerprint density at radius 1 is 1.39 bits per heavy atom. The third-order valence-electron chi connectivity index (χ3n) is 4.03. The lowest BCUT2D eigenvalue weighted by atomic mass is 9.82. The van der Waals surface area contributed by atoms with Gasteiger partial charge in [-0.05, 0) is 18.9 Å². The van der Waals surface area contributed by atoms with Crippen molar-refractivity contribution < 1.29 is 23.4 Å². The van der Waals surface area contributed by atoms with Gasteiger partial charge in [0, 0.05) is 10.6 Å². The van der Waals surface area contributed by atoms with Crippen molar-refractivity contribution in [3.63, 3.8) is 0 Å². The zero-order valence-corrected chi connectivity index (χ0v) is 14.4. The lowest BCUT2D eigenvalue weighted by molar-refractivity contribution is -0.148. The predicted octanol–water partition coefficient (Wildman–Crippen LogP) is 4.32. The average molecular weight is 347 g/mol. The Balaban J connectivity index is 3.06. The van der Waals surface area contributed by atoms with E-state index in [1.807, 2.05) is 6.92 Å². The van der Waals surface area contributed by atoms with Crippen molar-refractivity contribution in [2.24, 2.45) is 5.41 Å². The largest absolute Gasteiger partial charge is 0.494 e. The van der Waals surface area contributed by atoms with Gasteiger partial charge in [-0.2, -0.15) is 0 Å². The second kappa shape index (κ2) is 8.38. The Bertz CT molecular complexity index is 569. The summed E-state index contributed by atoms with van der Waals surface area (Å²) in [6, 6.07) is 1.22. The number of methoxy groups -OCH3 is 1. The number of thioether (sulfide) groups is 1. The molecule has 0 bridgehead atoms. The second-order valence-electron chi connectivity index (χ2n) is 5.45. The zero-order chi connectivity index (χ0) is 17.6. The fourth-order valence-electron chi connectivity index (χ4n) is 2.26. The molecule has 1 aromatic rings. The molecular formula is C16H23F2NO3S. The van der Waals surface area contributed by atoms with Crippen LogP contribution in [0, 0.1) is 17.0 Å². The summed E-state index contributed by atoms with van der Waals surface area (Å²) in [4.78, 5) is 11.8. The van der Waals surface area contributed by atoms with Crippen molar-refractivity contribution >= 4 is 23.4 Å². The fourth-order valence-corrected chi connectivity index (χ4v) is 3.59. The third-order valence-corrected chi connectivity index (χ3v) is 5.34. The normalized spacial score (nSPS) is 13.6. The molecule has 23 heavy (non-hydrogen) atoms. The van der Waals surface area contributed by atoms with E-state index >= 15 is 0 Å². The summed E-state index contributed by atoms with van der Waals surface area (Å²) in [5, 5.41) is 9.58. The van der Waals surface area contributed by atoms with Gasteiger partial charge in [-0.25, -0.2) is 8.78 Å². The molecule has 0 fully saturated rings. The second-order valence-corrected chi connectivity index (χ2v) is 6.47. The molecule has 0 saturated heterocycles. The first-order valence-corrected chi connectivity index (χ1v) is 8.49. The zero-order valence-electron chi connectivity index (χ0n) is 13.6. The maximum absolute atomic E-state index is 14.1. The summed E-state index contributed by atoms with van der Waals surface area (Å²) in [5.74, 6) is -2.69. The lowest BCUT2D eigenvalue weighted by Crippen LogP contribution is -2.33. The first-order valence-electron chi connectivity index (χ1n) is 7.50. The minimum absolute atomic E-state index is 0.0938. The highest BCUT2D eigenvalue weighted by molar-refractivity contribution is 7.99. The summed E-state index contributed by atoms with van der Waals surface area (Å²) in [7, 11) is 1.26. The van der Waals surface area contributed by atoms with Crippen LogP contribution >= 0.6 is 11.8 Å². The van der Waals surface area contributed by atoms with Crippen molar-refractivity contribution in [3.8, 4) is 5.75 Å². The highest BCUT2D eigenvalue weighted by atomic mass is 32.2. The molecule has 4 nitrogen and oxygen atoms in total. The smallest absolute Gasteiger partial charge is 0.310 e. The minimum atomic E-state index is -0.944. The van der Waals surface area contributed by atoms with Gasteiger partial charge in [-0.15, -0.1) is 11.8 Å². The number of halogens is 2. The molecule has 0 heterocycles. The van der Waals surface area contributed by atoms with Crippen LogP contribution < -0.4 is 10.5 Å². The quantitative estimate of drug-likeness (QED) is 0.514. The van der Waals surface area contributed by atoms with Gasteiger partial charge in [0.1, 0.15) is 5.69 Å². The molecule has 1 unspecified atom stereocenters. The van der Waals surface area contributed by atoms with E-state index in [1.54, 1.807) is 6.92 Å². The molecule has 1 aromatic carbocycles. The van der Waals surface area contributed by atoms with Crippen molar-refractivity contribution in [3.05, 3.63) is 17.7 Å². The monoisotopic (exact) mass is 347 g/mol. The molecule has 0 saturated carbocycles. The van der Waals surface area contributed by atoms with Gasteiger partial charge < -0.3 is 15.6 Å². The van der Waals surface area contributed by atoms with E-state index in [0.29, 0.717) is 12.8 Å². The van der Waals surface area contributed by atoms with E-state index in [0.717, 1.165) is 24.6 Å². The molecule has 7 heteroatoms. The standard InChI is InChI=1S/C16H23F2NO3S/c1-4-6-7-16(5-2,15(20)21)9-23-11-8-10(22-3)12(17)14(19)13(11)18/h8H,4-7,9,19H2,1-3H3,(H,20,21). The molecule has 0 aliphatic heterocycles. The Kier molecular flexibility index (Phi) is 7.12.